The second kappa shape index (κ2) is 30.8. The van der Waals surface area contributed by atoms with Gasteiger partial charge >= 0.3 is 0 Å². The number of hydrogen-bond acceptors (Lipinski definition) is 6. The maximum Gasteiger partial charge on any atom is 0.268 e. The zero-order valence-corrected chi connectivity index (χ0v) is 31.9. The Labute approximate surface area is 289 Å². The van der Waals surface area contributed by atoms with Gasteiger partial charge in [0.1, 0.15) is 13.2 Å². The quantitative estimate of drug-likeness (QED) is 0.0309. The van der Waals surface area contributed by atoms with Gasteiger partial charge in [0.15, 0.2) is 0 Å². The smallest absolute Gasteiger partial charge is 0.268 e. The maximum absolute atomic E-state index is 12.7. The van der Waals surface area contributed by atoms with Crippen LogP contribution in [0.1, 0.15) is 149 Å². The predicted molar refractivity (Wildman–Crippen MR) is 196 cm³/mol. The van der Waals surface area contributed by atoms with Crippen molar-refractivity contribution < 1.29 is 32.9 Å². The minimum atomic E-state index is -4.59. The number of aliphatic hydroxyl groups is 1. The van der Waals surface area contributed by atoms with Crippen LogP contribution in [0.15, 0.2) is 36.5 Å². The molecule has 0 spiro atoms. The second-order valence-corrected chi connectivity index (χ2v) is 15.3. The Hall–Kier alpha value is -1.28. The Kier molecular flexibility index (Phi) is 29.9. The summed E-state index contributed by atoms with van der Waals surface area (Å²) in [6.07, 6.45) is 34.7. The summed E-state index contributed by atoms with van der Waals surface area (Å²) in [7, 11) is 1.23. The van der Waals surface area contributed by atoms with Gasteiger partial charge in [0.2, 0.25) is 5.91 Å². The summed E-state index contributed by atoms with van der Waals surface area (Å²) >= 11 is 0. The molecule has 0 fully saturated rings. The number of carbonyl (C=O) groups excluding carboxylic acids is 1. The minimum Gasteiger partial charge on any atom is -0.756 e. The fourth-order valence-electron chi connectivity index (χ4n) is 5.00. The van der Waals surface area contributed by atoms with Gasteiger partial charge in [-0.1, -0.05) is 134 Å². The Morgan fingerprint density at radius 3 is 1.72 bits per heavy atom. The molecule has 0 heterocycles. The van der Waals surface area contributed by atoms with Gasteiger partial charge in [-0.05, 0) is 44.9 Å². The number of quaternary nitrogens is 1. The zero-order chi connectivity index (χ0) is 35.1. The summed E-state index contributed by atoms with van der Waals surface area (Å²) in [5.41, 5.74) is 0. The highest BCUT2D eigenvalue weighted by atomic mass is 31.2. The van der Waals surface area contributed by atoms with Gasteiger partial charge in [-0.15, -0.1) is 0 Å². The molecular weight excluding hydrogens is 611 g/mol. The summed E-state index contributed by atoms with van der Waals surface area (Å²) in [6.45, 7) is 4.55. The molecular formula is C38H73N2O6P. The van der Waals surface area contributed by atoms with E-state index in [4.69, 9.17) is 9.05 Å². The number of rotatable bonds is 33. The average Bonchev–Trinajstić information content (AvgIpc) is 3.01. The fourth-order valence-corrected chi connectivity index (χ4v) is 5.73. The van der Waals surface area contributed by atoms with Crippen LogP contribution in [0.2, 0.25) is 0 Å². The highest BCUT2D eigenvalue weighted by Crippen LogP contribution is 2.38. The SMILES string of the molecule is CCCCCC/C=C/CC/C=C/CC/C=C/C(O)C(COP(=O)([O-])OCC[N+](C)(C)C)NC(=O)CCCCCCCCCCCCC. The average molecular weight is 685 g/mol. The third-order valence-corrected chi connectivity index (χ3v) is 9.04. The van der Waals surface area contributed by atoms with Crippen molar-refractivity contribution in [2.24, 2.45) is 0 Å². The Morgan fingerprint density at radius 2 is 1.19 bits per heavy atom. The summed E-state index contributed by atoms with van der Waals surface area (Å²) in [5.74, 6) is -0.216. The molecule has 0 aliphatic heterocycles. The van der Waals surface area contributed by atoms with Crippen molar-refractivity contribution in [1.82, 2.24) is 5.32 Å². The standard InChI is InChI=1S/C38H73N2O6P/c1-6-8-10-12-14-16-18-19-20-22-23-25-27-29-31-37(41)36(35-46-47(43,44)45-34-33-40(3,4)5)39-38(42)32-30-28-26-24-21-17-15-13-11-9-7-2/h16,18,22-23,29,31,36-37,41H,6-15,17,19-21,24-28,30,32-35H2,1-5H3,(H-,39,42,43,44)/b18-16+,23-22+,31-29+. The van der Waals surface area contributed by atoms with Gasteiger partial charge in [0.25, 0.3) is 7.82 Å². The van der Waals surface area contributed by atoms with Gasteiger partial charge in [-0.2, -0.15) is 0 Å². The first-order valence-corrected chi connectivity index (χ1v) is 20.3. The van der Waals surface area contributed by atoms with E-state index >= 15 is 0 Å². The van der Waals surface area contributed by atoms with E-state index in [1.165, 1.54) is 83.5 Å². The molecule has 0 saturated carbocycles. The van der Waals surface area contributed by atoms with Crippen LogP contribution >= 0.6 is 7.82 Å². The van der Waals surface area contributed by atoms with Crippen molar-refractivity contribution in [2.75, 3.05) is 40.9 Å². The molecule has 0 aromatic carbocycles. The van der Waals surface area contributed by atoms with E-state index in [9.17, 15) is 19.4 Å². The lowest BCUT2D eigenvalue weighted by Gasteiger charge is -2.29. The van der Waals surface area contributed by atoms with Crippen molar-refractivity contribution in [3.63, 3.8) is 0 Å². The van der Waals surface area contributed by atoms with Crippen LogP contribution in [-0.2, 0) is 18.4 Å². The van der Waals surface area contributed by atoms with E-state index in [1.54, 1.807) is 6.08 Å². The van der Waals surface area contributed by atoms with Gasteiger partial charge in [0, 0.05) is 6.42 Å². The summed E-state index contributed by atoms with van der Waals surface area (Å²) in [5, 5.41) is 13.6. The van der Waals surface area contributed by atoms with Gasteiger partial charge in [-0.3, -0.25) is 9.36 Å². The molecule has 0 radical (unpaired) electrons. The van der Waals surface area contributed by atoms with Crippen LogP contribution in [0.4, 0.5) is 0 Å². The molecule has 47 heavy (non-hydrogen) atoms. The van der Waals surface area contributed by atoms with Crippen molar-refractivity contribution >= 4 is 13.7 Å². The van der Waals surface area contributed by atoms with Crippen LogP contribution < -0.4 is 10.2 Å². The monoisotopic (exact) mass is 685 g/mol. The number of phosphoric ester groups is 1. The second-order valence-electron chi connectivity index (χ2n) is 13.9. The summed E-state index contributed by atoms with van der Waals surface area (Å²) in [4.78, 5) is 25.1. The number of unbranched alkanes of at least 4 members (excludes halogenated alkanes) is 16. The summed E-state index contributed by atoms with van der Waals surface area (Å²) in [6, 6.07) is -0.903. The number of aliphatic hydroxyl groups excluding tert-OH is 1. The van der Waals surface area contributed by atoms with Crippen molar-refractivity contribution in [3.8, 4) is 0 Å². The van der Waals surface area contributed by atoms with E-state index in [1.807, 2.05) is 27.2 Å². The maximum atomic E-state index is 12.7. The van der Waals surface area contributed by atoms with Crippen molar-refractivity contribution in [1.29, 1.82) is 0 Å². The molecule has 8 nitrogen and oxygen atoms in total. The van der Waals surface area contributed by atoms with Crippen LogP contribution in [-0.4, -0.2) is 68.5 Å². The molecule has 0 aromatic heterocycles. The van der Waals surface area contributed by atoms with Crippen LogP contribution in [0.5, 0.6) is 0 Å². The lowest BCUT2D eigenvalue weighted by atomic mass is 10.0. The minimum absolute atomic E-state index is 0.00846. The Bertz CT molecular complexity index is 871. The Balaban J connectivity index is 4.64. The number of carbonyl (C=O) groups is 1. The summed E-state index contributed by atoms with van der Waals surface area (Å²) < 4.78 is 23.0. The molecule has 3 atom stereocenters. The number of likely N-dealkylation sites (N-methyl/N-ethyl adjacent to an activating group) is 1. The third-order valence-electron chi connectivity index (χ3n) is 8.08. The first-order valence-electron chi connectivity index (χ1n) is 18.9. The van der Waals surface area contributed by atoms with E-state index in [0.717, 1.165) is 44.9 Å². The molecule has 1 amide bonds. The molecule has 0 aliphatic carbocycles. The van der Waals surface area contributed by atoms with E-state index in [-0.39, 0.29) is 12.5 Å². The van der Waals surface area contributed by atoms with Crippen molar-refractivity contribution in [2.45, 2.75) is 161 Å². The topological polar surface area (TPSA) is 108 Å². The molecule has 0 aromatic rings. The molecule has 0 rings (SSSR count). The predicted octanol–water partition coefficient (Wildman–Crippen LogP) is 8.94. The normalized spacial score (nSPS) is 15.1. The van der Waals surface area contributed by atoms with Gasteiger partial charge in [0.05, 0.1) is 39.9 Å². The fraction of sp³-hybridized carbons (Fsp3) is 0.816. The van der Waals surface area contributed by atoms with Crippen LogP contribution in [0.25, 0.3) is 0 Å². The lowest BCUT2D eigenvalue weighted by molar-refractivity contribution is -0.870. The molecule has 276 valence electrons. The Morgan fingerprint density at radius 1 is 0.723 bits per heavy atom. The van der Waals surface area contributed by atoms with Gasteiger partial charge in [-0.25, -0.2) is 0 Å². The van der Waals surface area contributed by atoms with Crippen LogP contribution in [0, 0.1) is 0 Å². The largest absolute Gasteiger partial charge is 0.756 e. The van der Waals surface area contributed by atoms with E-state index in [2.05, 4.69) is 43.5 Å². The third kappa shape index (κ3) is 33.0. The number of phosphoric acid groups is 1. The lowest BCUT2D eigenvalue weighted by Crippen LogP contribution is -2.45. The van der Waals surface area contributed by atoms with Crippen LogP contribution in [0.3, 0.4) is 0 Å². The molecule has 0 aliphatic rings. The molecule has 2 N–H and O–H groups in total. The molecule has 3 unspecified atom stereocenters. The molecule has 0 saturated heterocycles. The van der Waals surface area contributed by atoms with Gasteiger partial charge < -0.3 is 28.8 Å². The highest BCUT2D eigenvalue weighted by Gasteiger charge is 2.23. The number of nitrogens with zero attached hydrogens (tertiary/aromatic N) is 1. The zero-order valence-electron chi connectivity index (χ0n) is 31.0. The molecule has 0 bridgehead atoms. The molecule has 9 heteroatoms. The first kappa shape index (κ1) is 45.7. The highest BCUT2D eigenvalue weighted by molar-refractivity contribution is 7.45. The number of amides is 1. The first-order chi connectivity index (χ1) is 22.5. The van der Waals surface area contributed by atoms with Crippen molar-refractivity contribution in [3.05, 3.63) is 36.5 Å². The number of allylic oxidation sites excluding steroid dienone is 5. The van der Waals surface area contributed by atoms with E-state index in [0.29, 0.717) is 17.4 Å². The number of nitrogens with one attached hydrogen (secondary N) is 1. The van der Waals surface area contributed by atoms with E-state index < -0.39 is 26.6 Å². The number of hydrogen-bond donors (Lipinski definition) is 2.